The minimum Gasteiger partial charge on any atom is -0.389 e. The zero-order chi connectivity index (χ0) is 11.9. The van der Waals surface area contributed by atoms with E-state index in [1.165, 1.54) is 12.0 Å². The Balaban J connectivity index is 4.03. The average molecular weight is 229 g/mol. The number of hydrogen-bond donors (Lipinski definition) is 1. The van der Waals surface area contributed by atoms with E-state index in [4.69, 9.17) is 0 Å². The van der Waals surface area contributed by atoms with Gasteiger partial charge >= 0.3 is 6.18 Å². The van der Waals surface area contributed by atoms with Crippen molar-refractivity contribution in [1.29, 1.82) is 0 Å². The van der Waals surface area contributed by atoms with Gasteiger partial charge in [0.15, 0.2) is 0 Å². The summed E-state index contributed by atoms with van der Waals surface area (Å²) >= 11 is 0. The van der Waals surface area contributed by atoms with Crippen LogP contribution in [0.3, 0.4) is 0 Å². The molecule has 0 aromatic heterocycles. The first-order chi connectivity index (χ1) is 6.89. The van der Waals surface area contributed by atoms with E-state index in [-0.39, 0.29) is 13.2 Å². The summed E-state index contributed by atoms with van der Waals surface area (Å²) in [5.74, 6) is 0. The second kappa shape index (κ2) is 7.03. The molecule has 0 aliphatic rings. The summed E-state index contributed by atoms with van der Waals surface area (Å²) in [6.45, 7) is 1.17. The number of rotatable bonds is 7. The Morgan fingerprint density at radius 3 is 2.40 bits per heavy atom. The van der Waals surface area contributed by atoms with E-state index in [1.807, 2.05) is 0 Å². The lowest BCUT2D eigenvalue weighted by Gasteiger charge is -2.25. The normalized spacial score (nSPS) is 14.6. The van der Waals surface area contributed by atoms with Crippen molar-refractivity contribution in [3.63, 3.8) is 0 Å². The molecule has 0 spiro atoms. The second-order valence-electron chi connectivity index (χ2n) is 3.46. The van der Waals surface area contributed by atoms with E-state index in [1.54, 1.807) is 6.92 Å². The first-order valence-corrected chi connectivity index (χ1v) is 4.85. The number of aliphatic hydroxyl groups excluding tert-OH is 1. The fraction of sp³-hybridized carbons (Fsp3) is 1.00. The predicted octanol–water partition coefficient (Wildman–Crippen LogP) is 1.27. The van der Waals surface area contributed by atoms with Crippen molar-refractivity contribution >= 4 is 0 Å². The van der Waals surface area contributed by atoms with E-state index in [0.717, 1.165) is 0 Å². The molecule has 0 saturated carbocycles. The van der Waals surface area contributed by atoms with E-state index >= 15 is 0 Å². The summed E-state index contributed by atoms with van der Waals surface area (Å²) in [4.78, 5) is 1.18. The zero-order valence-electron chi connectivity index (χ0n) is 9.05. The van der Waals surface area contributed by atoms with Crippen molar-refractivity contribution in [2.45, 2.75) is 25.6 Å². The van der Waals surface area contributed by atoms with Crippen molar-refractivity contribution < 1.29 is 23.0 Å². The maximum atomic E-state index is 12.1. The number of aliphatic hydroxyl groups is 1. The summed E-state index contributed by atoms with van der Waals surface area (Å²) in [6, 6.07) is 0. The van der Waals surface area contributed by atoms with Crippen LogP contribution in [0.1, 0.15) is 13.3 Å². The number of ether oxygens (including phenoxy) is 1. The van der Waals surface area contributed by atoms with Gasteiger partial charge in [0.05, 0.1) is 19.3 Å². The van der Waals surface area contributed by atoms with Crippen LogP contribution in [-0.2, 0) is 4.74 Å². The molecule has 0 bridgehead atoms. The third kappa shape index (κ3) is 8.65. The second-order valence-corrected chi connectivity index (χ2v) is 3.46. The van der Waals surface area contributed by atoms with Gasteiger partial charge in [-0.15, -0.1) is 0 Å². The standard InChI is InChI=1S/C9H18F3NO2/c1-3-4-13(7-9(10,11)12)5-8(14)6-15-2/h8,14H,3-7H2,1-2H3. The summed E-state index contributed by atoms with van der Waals surface area (Å²) < 4.78 is 41.0. The van der Waals surface area contributed by atoms with Crippen molar-refractivity contribution in [3.05, 3.63) is 0 Å². The van der Waals surface area contributed by atoms with Crippen molar-refractivity contribution in [2.75, 3.05) is 33.4 Å². The van der Waals surface area contributed by atoms with Crippen LogP contribution in [-0.4, -0.2) is 55.6 Å². The Labute approximate surface area is 87.8 Å². The topological polar surface area (TPSA) is 32.7 Å². The molecule has 1 N–H and O–H groups in total. The van der Waals surface area contributed by atoms with Crippen molar-refractivity contribution in [3.8, 4) is 0 Å². The highest BCUT2D eigenvalue weighted by molar-refractivity contribution is 4.67. The molecule has 1 atom stereocenters. The average Bonchev–Trinajstić information content (AvgIpc) is 2.01. The molecule has 15 heavy (non-hydrogen) atoms. The molecule has 0 fully saturated rings. The molecule has 0 saturated heterocycles. The first-order valence-electron chi connectivity index (χ1n) is 4.85. The molecule has 92 valence electrons. The molecule has 3 nitrogen and oxygen atoms in total. The van der Waals surface area contributed by atoms with E-state index in [2.05, 4.69) is 4.74 Å². The van der Waals surface area contributed by atoms with Crippen LogP contribution in [0.2, 0.25) is 0 Å². The molecule has 0 rings (SSSR count). The third-order valence-electron chi connectivity index (χ3n) is 1.77. The van der Waals surface area contributed by atoms with E-state index in [9.17, 15) is 18.3 Å². The van der Waals surface area contributed by atoms with Gasteiger partial charge in [0.25, 0.3) is 0 Å². The molecule has 0 aromatic carbocycles. The van der Waals surface area contributed by atoms with Crippen LogP contribution in [0.15, 0.2) is 0 Å². The molecule has 0 aliphatic carbocycles. The molecule has 6 heteroatoms. The quantitative estimate of drug-likeness (QED) is 0.713. The number of nitrogens with zero attached hydrogens (tertiary/aromatic N) is 1. The van der Waals surface area contributed by atoms with Crippen LogP contribution in [0, 0.1) is 0 Å². The van der Waals surface area contributed by atoms with Crippen LogP contribution < -0.4 is 0 Å². The minimum absolute atomic E-state index is 0.0127. The maximum absolute atomic E-state index is 12.1. The van der Waals surface area contributed by atoms with Crippen molar-refractivity contribution in [1.82, 2.24) is 4.90 Å². The highest BCUT2D eigenvalue weighted by Crippen LogP contribution is 2.16. The largest absolute Gasteiger partial charge is 0.401 e. The lowest BCUT2D eigenvalue weighted by Crippen LogP contribution is -2.40. The van der Waals surface area contributed by atoms with Gasteiger partial charge in [-0.3, -0.25) is 4.90 Å². The Morgan fingerprint density at radius 2 is 2.00 bits per heavy atom. The first kappa shape index (κ1) is 14.7. The fourth-order valence-corrected chi connectivity index (χ4v) is 1.35. The summed E-state index contributed by atoms with van der Waals surface area (Å²) in [6.07, 6.45) is -4.47. The fourth-order valence-electron chi connectivity index (χ4n) is 1.35. The van der Waals surface area contributed by atoms with Gasteiger partial charge in [0.2, 0.25) is 0 Å². The summed E-state index contributed by atoms with van der Waals surface area (Å²) in [5, 5.41) is 9.31. The predicted molar refractivity (Wildman–Crippen MR) is 50.7 cm³/mol. The molecule has 0 aliphatic heterocycles. The molecule has 0 radical (unpaired) electrons. The van der Waals surface area contributed by atoms with E-state index < -0.39 is 18.8 Å². The molecule has 0 amide bonds. The molecular weight excluding hydrogens is 211 g/mol. The lowest BCUT2D eigenvalue weighted by atomic mass is 10.3. The molecule has 0 aromatic rings. The maximum Gasteiger partial charge on any atom is 0.401 e. The molecular formula is C9H18F3NO2. The summed E-state index contributed by atoms with van der Waals surface area (Å²) in [5.41, 5.74) is 0. The van der Waals surface area contributed by atoms with Crippen LogP contribution in [0.5, 0.6) is 0 Å². The van der Waals surface area contributed by atoms with E-state index in [0.29, 0.717) is 13.0 Å². The number of hydrogen-bond acceptors (Lipinski definition) is 3. The monoisotopic (exact) mass is 229 g/mol. The number of alkyl halides is 3. The van der Waals surface area contributed by atoms with Gasteiger partial charge < -0.3 is 9.84 Å². The van der Waals surface area contributed by atoms with Gasteiger partial charge in [0, 0.05) is 13.7 Å². The smallest absolute Gasteiger partial charge is 0.389 e. The SMILES string of the molecule is CCCN(CC(O)COC)CC(F)(F)F. The van der Waals surface area contributed by atoms with Gasteiger partial charge in [-0.2, -0.15) is 13.2 Å². The number of halogens is 3. The van der Waals surface area contributed by atoms with Gasteiger partial charge in [0.1, 0.15) is 0 Å². The minimum atomic E-state index is -4.22. The zero-order valence-corrected chi connectivity index (χ0v) is 9.05. The lowest BCUT2D eigenvalue weighted by molar-refractivity contribution is -0.149. The Bertz CT molecular complexity index is 164. The van der Waals surface area contributed by atoms with Crippen LogP contribution in [0.4, 0.5) is 13.2 Å². The highest BCUT2D eigenvalue weighted by Gasteiger charge is 2.30. The van der Waals surface area contributed by atoms with Crippen LogP contribution >= 0.6 is 0 Å². The van der Waals surface area contributed by atoms with Crippen molar-refractivity contribution in [2.24, 2.45) is 0 Å². The highest BCUT2D eigenvalue weighted by atomic mass is 19.4. The van der Waals surface area contributed by atoms with Gasteiger partial charge in [-0.05, 0) is 13.0 Å². The molecule has 1 unspecified atom stereocenters. The Hall–Kier alpha value is -0.330. The third-order valence-corrected chi connectivity index (χ3v) is 1.77. The van der Waals surface area contributed by atoms with Gasteiger partial charge in [-0.1, -0.05) is 6.92 Å². The Kier molecular flexibility index (Phi) is 6.87. The van der Waals surface area contributed by atoms with Crippen LogP contribution in [0.25, 0.3) is 0 Å². The number of methoxy groups -OCH3 is 1. The van der Waals surface area contributed by atoms with Gasteiger partial charge in [-0.25, -0.2) is 0 Å². The Morgan fingerprint density at radius 1 is 1.40 bits per heavy atom. The summed E-state index contributed by atoms with van der Waals surface area (Å²) in [7, 11) is 1.40. The molecule has 0 heterocycles.